The topological polar surface area (TPSA) is 18.5 Å². The number of rotatable bonds is 8. The van der Waals surface area contributed by atoms with Crippen molar-refractivity contribution in [1.82, 2.24) is 0 Å². The van der Waals surface area contributed by atoms with Crippen LogP contribution in [0.3, 0.4) is 0 Å². The molecule has 29 heavy (non-hydrogen) atoms. The molecule has 0 aromatic heterocycles. The highest BCUT2D eigenvalue weighted by molar-refractivity contribution is 5.37. The zero-order valence-electron chi connectivity index (χ0n) is 17.2. The maximum Gasteiger partial charge on any atom is 0.165 e. The average molecular weight is 390 g/mol. The Morgan fingerprint density at radius 2 is 1.62 bits per heavy atom. The molecule has 0 spiro atoms. The van der Waals surface area contributed by atoms with E-state index in [1.54, 1.807) is 12.1 Å². The molecule has 0 fully saturated rings. The van der Waals surface area contributed by atoms with Gasteiger partial charge in [-0.05, 0) is 60.9 Å². The molecule has 0 radical (unpaired) electrons. The van der Waals surface area contributed by atoms with Gasteiger partial charge in [-0.15, -0.1) is 0 Å². The van der Waals surface area contributed by atoms with Crippen molar-refractivity contribution in [1.29, 1.82) is 0 Å². The Morgan fingerprint density at radius 3 is 2.31 bits per heavy atom. The minimum Gasteiger partial charge on any atom is -0.494 e. The number of allylic oxidation sites excluding steroid dienone is 2. The van der Waals surface area contributed by atoms with Crippen LogP contribution >= 0.6 is 0 Å². The Balaban J connectivity index is 1.68. The van der Waals surface area contributed by atoms with Crippen molar-refractivity contribution in [2.24, 2.45) is 0 Å². The number of hydrogen-bond acceptors (Lipinski definition) is 2. The number of hydrogen-bond donors (Lipinski definition) is 0. The van der Waals surface area contributed by atoms with Crippen LogP contribution < -0.4 is 9.47 Å². The van der Waals surface area contributed by atoms with Gasteiger partial charge in [-0.2, -0.15) is 0 Å². The first-order chi connectivity index (χ1) is 14.0. The minimum atomic E-state index is -0.365. The molecule has 0 aliphatic carbocycles. The third-order valence-corrected chi connectivity index (χ3v) is 4.76. The minimum absolute atomic E-state index is 0.117. The van der Waals surface area contributed by atoms with E-state index >= 15 is 0 Å². The lowest BCUT2D eigenvalue weighted by Crippen LogP contribution is -2.13. The Morgan fingerprint density at radius 1 is 0.897 bits per heavy atom. The van der Waals surface area contributed by atoms with Gasteiger partial charge < -0.3 is 9.47 Å². The Hall–Kier alpha value is -3.07. The van der Waals surface area contributed by atoms with E-state index in [1.165, 1.54) is 11.6 Å². The first-order valence-corrected chi connectivity index (χ1v) is 9.90. The summed E-state index contributed by atoms with van der Waals surface area (Å²) >= 11 is 0. The molecule has 0 atom stereocenters. The largest absolute Gasteiger partial charge is 0.494 e. The summed E-state index contributed by atoms with van der Waals surface area (Å²) in [6.45, 7) is 6.99. The third-order valence-electron chi connectivity index (χ3n) is 4.76. The molecule has 0 N–H and O–H groups in total. The summed E-state index contributed by atoms with van der Waals surface area (Å²) < 4.78 is 25.3. The van der Waals surface area contributed by atoms with Gasteiger partial charge in [-0.25, -0.2) is 4.39 Å². The van der Waals surface area contributed by atoms with Gasteiger partial charge in [0.2, 0.25) is 0 Å². The zero-order valence-corrected chi connectivity index (χ0v) is 17.2. The second-order valence-electron chi connectivity index (χ2n) is 7.47. The van der Waals surface area contributed by atoms with E-state index in [0.29, 0.717) is 18.8 Å². The summed E-state index contributed by atoms with van der Waals surface area (Å²) in [6, 6.07) is 22.5. The number of halogens is 1. The van der Waals surface area contributed by atoms with E-state index < -0.39 is 0 Å². The molecule has 150 valence electrons. The monoisotopic (exact) mass is 390 g/mol. The molecule has 2 nitrogen and oxygen atoms in total. The zero-order chi connectivity index (χ0) is 20.7. The highest BCUT2D eigenvalue weighted by atomic mass is 19.1. The lowest BCUT2D eigenvalue weighted by molar-refractivity contribution is 0.340. The predicted molar refractivity (Wildman–Crippen MR) is 116 cm³/mol. The second-order valence-corrected chi connectivity index (χ2v) is 7.47. The molecule has 0 unspecified atom stereocenters. The van der Waals surface area contributed by atoms with Gasteiger partial charge >= 0.3 is 0 Å². The predicted octanol–water partition coefficient (Wildman–Crippen LogP) is 7.09. The molecule has 3 aromatic carbocycles. The fourth-order valence-corrected chi connectivity index (χ4v) is 3.10. The van der Waals surface area contributed by atoms with Crippen LogP contribution in [0.2, 0.25) is 0 Å². The fourth-order valence-electron chi connectivity index (χ4n) is 3.10. The van der Waals surface area contributed by atoms with Crippen molar-refractivity contribution in [3.05, 3.63) is 102 Å². The van der Waals surface area contributed by atoms with E-state index in [2.05, 4.69) is 38.1 Å². The van der Waals surface area contributed by atoms with Crippen molar-refractivity contribution in [2.45, 2.75) is 32.6 Å². The van der Waals surface area contributed by atoms with Crippen molar-refractivity contribution in [3.63, 3.8) is 0 Å². The molecule has 0 saturated heterocycles. The lowest BCUT2D eigenvalue weighted by atomic mass is 9.84. The summed E-state index contributed by atoms with van der Waals surface area (Å²) in [7, 11) is 0. The maximum atomic E-state index is 14.1. The molecular formula is C26H27FO2. The van der Waals surface area contributed by atoms with Crippen molar-refractivity contribution in [2.75, 3.05) is 6.61 Å². The van der Waals surface area contributed by atoms with Gasteiger partial charge in [0.25, 0.3) is 0 Å². The average Bonchev–Trinajstić information content (AvgIpc) is 2.72. The van der Waals surface area contributed by atoms with Gasteiger partial charge in [0.05, 0.1) is 6.61 Å². The first-order valence-electron chi connectivity index (χ1n) is 9.90. The van der Waals surface area contributed by atoms with Crippen LogP contribution in [0, 0.1) is 5.82 Å². The fraction of sp³-hybridized carbons (Fsp3) is 0.231. The molecule has 3 rings (SSSR count). The van der Waals surface area contributed by atoms with Crippen LogP contribution in [0.1, 0.15) is 31.9 Å². The summed E-state index contributed by atoms with van der Waals surface area (Å²) in [5, 5.41) is 0. The highest BCUT2D eigenvalue weighted by Crippen LogP contribution is 2.28. The number of ether oxygens (including phenoxy) is 2. The van der Waals surface area contributed by atoms with Crippen LogP contribution in [0.25, 0.3) is 0 Å². The van der Waals surface area contributed by atoms with E-state index in [4.69, 9.17) is 9.47 Å². The molecule has 0 amide bonds. The number of para-hydroxylation sites is 1. The van der Waals surface area contributed by atoms with E-state index in [-0.39, 0.29) is 17.0 Å². The van der Waals surface area contributed by atoms with Crippen molar-refractivity contribution in [3.8, 4) is 17.2 Å². The van der Waals surface area contributed by atoms with Crippen molar-refractivity contribution < 1.29 is 13.9 Å². The normalized spacial score (nSPS) is 11.6. The molecule has 0 aliphatic rings. The van der Waals surface area contributed by atoms with Crippen LogP contribution in [0.15, 0.2) is 84.9 Å². The SMILES string of the molecule is CCOc1ccc(C(C)(C)/C=C/Cc2ccc(F)c(Oc3ccccc3)c2)cc1. The van der Waals surface area contributed by atoms with Crippen LogP contribution in [-0.2, 0) is 11.8 Å². The third kappa shape index (κ3) is 5.71. The molecule has 0 aliphatic heterocycles. The van der Waals surface area contributed by atoms with E-state index in [1.807, 2.05) is 49.4 Å². The molecule has 0 saturated carbocycles. The summed E-state index contributed by atoms with van der Waals surface area (Å²) in [5.74, 6) is 1.38. The Kier molecular flexibility index (Phi) is 6.71. The Bertz CT molecular complexity index is 944. The lowest BCUT2D eigenvalue weighted by Gasteiger charge is -2.21. The highest BCUT2D eigenvalue weighted by Gasteiger charge is 2.16. The summed E-state index contributed by atoms with van der Waals surface area (Å²) in [4.78, 5) is 0. The standard InChI is InChI=1S/C26H27FO2/c1-4-28-22-15-13-21(14-16-22)26(2,3)18-8-9-20-12-17-24(27)25(19-20)29-23-10-6-5-7-11-23/h5-8,10-19H,4,9H2,1-3H3/b18-8+. The molecule has 3 heteroatoms. The van der Waals surface area contributed by atoms with Gasteiger partial charge in [0.15, 0.2) is 11.6 Å². The van der Waals surface area contributed by atoms with Crippen molar-refractivity contribution >= 4 is 0 Å². The van der Waals surface area contributed by atoms with Crippen LogP contribution in [0.5, 0.6) is 17.2 Å². The van der Waals surface area contributed by atoms with Gasteiger partial charge in [0.1, 0.15) is 11.5 Å². The quantitative estimate of drug-likeness (QED) is 0.382. The van der Waals surface area contributed by atoms with Gasteiger partial charge in [-0.3, -0.25) is 0 Å². The van der Waals surface area contributed by atoms with E-state index in [9.17, 15) is 4.39 Å². The van der Waals surface area contributed by atoms with Gasteiger partial charge in [-0.1, -0.05) is 62.4 Å². The molecular weight excluding hydrogens is 363 g/mol. The van der Waals surface area contributed by atoms with Crippen LogP contribution in [-0.4, -0.2) is 6.61 Å². The summed E-state index contributed by atoms with van der Waals surface area (Å²) in [6.07, 6.45) is 5.01. The first kappa shape index (κ1) is 20.7. The number of benzene rings is 3. The van der Waals surface area contributed by atoms with E-state index in [0.717, 1.165) is 11.3 Å². The van der Waals surface area contributed by atoms with Crippen LogP contribution in [0.4, 0.5) is 4.39 Å². The molecule has 0 heterocycles. The summed E-state index contributed by atoms with van der Waals surface area (Å²) in [5.41, 5.74) is 2.09. The maximum absolute atomic E-state index is 14.1. The van der Waals surface area contributed by atoms with Gasteiger partial charge in [0, 0.05) is 5.41 Å². The molecule has 0 bridgehead atoms. The Labute approximate surface area is 172 Å². The smallest absolute Gasteiger partial charge is 0.165 e. The second kappa shape index (κ2) is 9.42. The molecule has 3 aromatic rings.